The van der Waals surface area contributed by atoms with Gasteiger partial charge in [-0.05, 0) is 47.4 Å². The molecule has 3 aromatic carbocycles. The van der Waals surface area contributed by atoms with Gasteiger partial charge in [-0.1, -0.05) is 54.6 Å². The molecule has 0 spiro atoms. The average Bonchev–Trinajstić information content (AvgIpc) is 2.81. The van der Waals surface area contributed by atoms with Gasteiger partial charge in [0, 0.05) is 25.9 Å². The summed E-state index contributed by atoms with van der Waals surface area (Å²) in [4.78, 5) is 11.5. The molecule has 0 bridgehead atoms. The van der Waals surface area contributed by atoms with Crippen LogP contribution in [-0.4, -0.2) is 45.1 Å². The molecule has 3 aromatic rings. The summed E-state index contributed by atoms with van der Waals surface area (Å²) in [5.74, 6) is 0.0206. The Labute approximate surface area is 206 Å². The molecule has 0 aromatic heterocycles. The highest BCUT2D eigenvalue weighted by atomic mass is 32.2. The van der Waals surface area contributed by atoms with E-state index in [-0.39, 0.29) is 12.2 Å². The van der Waals surface area contributed by atoms with Crippen LogP contribution in [0.1, 0.15) is 29.2 Å². The largest absolute Gasteiger partial charge is 0.493 e. The van der Waals surface area contributed by atoms with Gasteiger partial charge in [-0.3, -0.25) is 0 Å². The van der Waals surface area contributed by atoms with Crippen molar-refractivity contribution in [3.05, 3.63) is 95.1 Å². The smallest absolute Gasteiger partial charge is 0.333 e. The number of carbonyl (C=O) groups is 1. The summed E-state index contributed by atoms with van der Waals surface area (Å²) in [5.41, 5.74) is 3.93. The molecule has 35 heavy (non-hydrogen) atoms. The number of benzene rings is 3. The second-order valence-corrected chi connectivity index (χ2v) is 9.70. The van der Waals surface area contributed by atoms with Crippen LogP contribution in [0.5, 0.6) is 11.5 Å². The van der Waals surface area contributed by atoms with E-state index < -0.39 is 22.2 Å². The lowest BCUT2D eigenvalue weighted by Crippen LogP contribution is -2.26. The van der Waals surface area contributed by atoms with E-state index in [1.165, 1.54) is 0 Å². The maximum absolute atomic E-state index is 11.5. The van der Waals surface area contributed by atoms with E-state index in [9.17, 15) is 18.3 Å². The molecule has 0 saturated carbocycles. The normalized spacial score (nSPS) is 12.2. The van der Waals surface area contributed by atoms with E-state index in [0.717, 1.165) is 34.3 Å². The second-order valence-electron chi connectivity index (χ2n) is 8.12. The summed E-state index contributed by atoms with van der Waals surface area (Å²) < 4.78 is 38.8. The zero-order valence-electron chi connectivity index (χ0n) is 19.8. The number of rotatable bonds is 13. The molecule has 8 heteroatoms. The van der Waals surface area contributed by atoms with Crippen LogP contribution in [0.25, 0.3) is 0 Å². The second kappa shape index (κ2) is 12.4. The van der Waals surface area contributed by atoms with Gasteiger partial charge in [0.1, 0.15) is 11.5 Å². The number of ether oxygens (including phenoxy) is 2. The average molecular weight is 499 g/mol. The Hall–Kier alpha value is -3.36. The number of hydrogen-bond donors (Lipinski definition) is 1. The maximum atomic E-state index is 11.5. The Morgan fingerprint density at radius 2 is 1.63 bits per heavy atom. The van der Waals surface area contributed by atoms with Gasteiger partial charge in [0.05, 0.1) is 12.9 Å². The standard InChI is InChI=1S/C27H30O7S/c1-3-32-26(27(28)29)19-22-11-14-25(23(18-22)17-21-7-5-4-6-8-21)33-16-15-20-9-12-24(13-10-20)34-35(2,30)31/h4-14,18,26H,3,15-17,19H2,1-2H3,(H,28,29). The predicted octanol–water partition coefficient (Wildman–Crippen LogP) is 4.27. The molecule has 0 aliphatic carbocycles. The Kier molecular flexibility index (Phi) is 9.28. The number of carboxylic acid groups (broad SMARTS) is 1. The number of carboxylic acids is 1. The van der Waals surface area contributed by atoms with Crippen LogP contribution in [0.4, 0.5) is 0 Å². The molecule has 1 N–H and O–H groups in total. The SMILES string of the molecule is CCOC(Cc1ccc(OCCc2ccc(OS(C)(=O)=O)cc2)c(Cc2ccccc2)c1)C(=O)O. The summed E-state index contributed by atoms with van der Waals surface area (Å²) in [6.45, 7) is 2.53. The monoisotopic (exact) mass is 498 g/mol. The van der Waals surface area contributed by atoms with E-state index in [1.807, 2.05) is 48.5 Å². The molecule has 0 amide bonds. The van der Waals surface area contributed by atoms with Crippen molar-refractivity contribution in [3.8, 4) is 11.5 Å². The highest BCUT2D eigenvalue weighted by Crippen LogP contribution is 2.25. The maximum Gasteiger partial charge on any atom is 0.333 e. The van der Waals surface area contributed by atoms with E-state index in [0.29, 0.717) is 26.1 Å². The molecule has 0 saturated heterocycles. The molecule has 3 rings (SSSR count). The van der Waals surface area contributed by atoms with Crippen molar-refractivity contribution >= 4 is 16.1 Å². The van der Waals surface area contributed by atoms with E-state index >= 15 is 0 Å². The lowest BCUT2D eigenvalue weighted by Gasteiger charge is -2.16. The summed E-state index contributed by atoms with van der Waals surface area (Å²) in [5, 5.41) is 9.43. The van der Waals surface area contributed by atoms with Crippen LogP contribution in [0, 0.1) is 0 Å². The third-order valence-corrected chi connectivity index (χ3v) is 5.74. The highest BCUT2D eigenvalue weighted by Gasteiger charge is 2.19. The first kappa shape index (κ1) is 26.2. The minimum atomic E-state index is -3.56. The predicted molar refractivity (Wildman–Crippen MR) is 134 cm³/mol. The zero-order chi connectivity index (χ0) is 25.3. The minimum absolute atomic E-state index is 0.268. The number of aliphatic carboxylic acids is 1. The van der Waals surface area contributed by atoms with Gasteiger partial charge in [-0.25, -0.2) is 4.79 Å². The lowest BCUT2D eigenvalue weighted by molar-refractivity contribution is -0.149. The highest BCUT2D eigenvalue weighted by molar-refractivity contribution is 7.86. The quantitative estimate of drug-likeness (QED) is 0.351. The lowest BCUT2D eigenvalue weighted by atomic mass is 9.99. The molecule has 0 aliphatic rings. The van der Waals surface area contributed by atoms with Crippen LogP contribution in [0.2, 0.25) is 0 Å². The van der Waals surface area contributed by atoms with Crippen LogP contribution in [0.15, 0.2) is 72.8 Å². The van der Waals surface area contributed by atoms with Gasteiger partial charge in [0.15, 0.2) is 6.10 Å². The molecular weight excluding hydrogens is 468 g/mol. The van der Waals surface area contributed by atoms with Crippen LogP contribution >= 0.6 is 0 Å². The Morgan fingerprint density at radius 3 is 2.26 bits per heavy atom. The fourth-order valence-electron chi connectivity index (χ4n) is 3.65. The third kappa shape index (κ3) is 8.73. The molecule has 1 atom stereocenters. The van der Waals surface area contributed by atoms with Gasteiger partial charge in [0.25, 0.3) is 0 Å². The molecule has 0 heterocycles. The molecule has 7 nitrogen and oxygen atoms in total. The van der Waals surface area contributed by atoms with Crippen molar-refractivity contribution in [2.45, 2.75) is 32.3 Å². The van der Waals surface area contributed by atoms with Gasteiger partial charge >= 0.3 is 16.1 Å². The molecule has 0 radical (unpaired) electrons. The van der Waals surface area contributed by atoms with Gasteiger partial charge in [-0.15, -0.1) is 0 Å². The van der Waals surface area contributed by atoms with E-state index in [1.54, 1.807) is 31.2 Å². The molecular formula is C27H30O7S. The fourth-order valence-corrected chi connectivity index (χ4v) is 4.11. The van der Waals surface area contributed by atoms with Crippen molar-refractivity contribution in [3.63, 3.8) is 0 Å². The Morgan fingerprint density at radius 1 is 0.943 bits per heavy atom. The minimum Gasteiger partial charge on any atom is -0.493 e. The van der Waals surface area contributed by atoms with Gasteiger partial charge < -0.3 is 18.8 Å². The first-order valence-corrected chi connectivity index (χ1v) is 13.2. The van der Waals surface area contributed by atoms with Crippen molar-refractivity contribution in [2.24, 2.45) is 0 Å². The topological polar surface area (TPSA) is 99.1 Å². The summed E-state index contributed by atoms with van der Waals surface area (Å²) in [6.07, 6.45) is 1.65. The van der Waals surface area contributed by atoms with Crippen molar-refractivity contribution in [1.29, 1.82) is 0 Å². The molecule has 0 aliphatic heterocycles. The molecule has 186 valence electrons. The van der Waals surface area contributed by atoms with Crippen molar-refractivity contribution in [1.82, 2.24) is 0 Å². The first-order valence-electron chi connectivity index (χ1n) is 11.3. The molecule has 0 fully saturated rings. The van der Waals surface area contributed by atoms with E-state index in [4.69, 9.17) is 13.7 Å². The Bertz CT molecular complexity index is 1210. The van der Waals surface area contributed by atoms with Crippen molar-refractivity contribution < 1.29 is 32.0 Å². The summed E-state index contributed by atoms with van der Waals surface area (Å²) >= 11 is 0. The third-order valence-electron chi connectivity index (χ3n) is 5.25. The summed E-state index contributed by atoms with van der Waals surface area (Å²) in [7, 11) is -3.56. The molecule has 1 unspecified atom stereocenters. The zero-order valence-corrected chi connectivity index (χ0v) is 20.7. The van der Waals surface area contributed by atoms with Crippen LogP contribution in [-0.2, 0) is 38.9 Å². The first-order chi connectivity index (χ1) is 16.7. The van der Waals surface area contributed by atoms with Crippen LogP contribution < -0.4 is 8.92 Å². The van der Waals surface area contributed by atoms with Gasteiger partial charge in [-0.2, -0.15) is 8.42 Å². The van der Waals surface area contributed by atoms with E-state index in [2.05, 4.69) is 0 Å². The Balaban J connectivity index is 1.71. The fraction of sp³-hybridized carbons (Fsp3) is 0.296. The van der Waals surface area contributed by atoms with Crippen LogP contribution in [0.3, 0.4) is 0 Å². The van der Waals surface area contributed by atoms with Crippen molar-refractivity contribution in [2.75, 3.05) is 19.5 Å². The summed E-state index contributed by atoms with van der Waals surface area (Å²) in [6, 6.07) is 22.6. The van der Waals surface area contributed by atoms with Gasteiger partial charge in [0.2, 0.25) is 0 Å². The number of hydrogen-bond acceptors (Lipinski definition) is 6.